The van der Waals surface area contributed by atoms with Crippen LogP contribution in [-0.2, 0) is 9.53 Å². The summed E-state index contributed by atoms with van der Waals surface area (Å²) in [7, 11) is 0. The molecule has 0 saturated carbocycles. The van der Waals surface area contributed by atoms with Crippen molar-refractivity contribution in [2.75, 3.05) is 38.3 Å². The van der Waals surface area contributed by atoms with Crippen molar-refractivity contribution in [3.8, 4) is 5.75 Å². The maximum absolute atomic E-state index is 12.1. The van der Waals surface area contributed by atoms with Gasteiger partial charge in [-0.15, -0.1) is 10.2 Å². The first-order chi connectivity index (χ1) is 13.5. The molecule has 0 atom stereocenters. The molecule has 1 aliphatic rings. The van der Waals surface area contributed by atoms with Crippen LogP contribution in [0.4, 0.5) is 5.95 Å². The quantitative estimate of drug-likeness (QED) is 0.549. The van der Waals surface area contributed by atoms with Crippen molar-refractivity contribution >= 4 is 17.6 Å². The number of nitrogens with one attached hydrogen (secondary N) is 2. The van der Waals surface area contributed by atoms with E-state index in [1.807, 2.05) is 19.1 Å². The molecule has 10 heteroatoms. The number of morpholine rings is 1. The Bertz CT molecular complexity index is 903. The number of aromatic amines is 1. The molecule has 1 saturated heterocycles. The Labute approximate surface area is 161 Å². The molecule has 2 N–H and O–H groups in total. The van der Waals surface area contributed by atoms with Crippen LogP contribution in [0.2, 0.25) is 0 Å². The van der Waals surface area contributed by atoms with Crippen LogP contribution in [-0.4, -0.2) is 64.6 Å². The molecule has 0 unspecified atom stereocenters. The number of hydrazone groups is 1. The molecule has 2 aromatic rings. The third-order valence-corrected chi connectivity index (χ3v) is 4.19. The Morgan fingerprint density at radius 3 is 2.68 bits per heavy atom. The Balaban J connectivity index is 1.54. The highest BCUT2D eigenvalue weighted by atomic mass is 16.5. The summed E-state index contributed by atoms with van der Waals surface area (Å²) in [6.45, 7) is 5.70. The molecule has 10 nitrogen and oxygen atoms in total. The molecule has 1 fully saturated rings. The fourth-order valence-corrected chi connectivity index (χ4v) is 2.49. The van der Waals surface area contributed by atoms with Gasteiger partial charge in [0, 0.05) is 13.1 Å². The van der Waals surface area contributed by atoms with E-state index in [2.05, 4.69) is 25.7 Å². The van der Waals surface area contributed by atoms with Crippen LogP contribution in [0, 0.1) is 6.92 Å². The van der Waals surface area contributed by atoms with E-state index in [1.165, 1.54) is 0 Å². The zero-order chi connectivity index (χ0) is 19.9. The summed E-state index contributed by atoms with van der Waals surface area (Å²) < 4.78 is 10.8. The number of carbonyl (C=O) groups is 1. The van der Waals surface area contributed by atoms with E-state index in [0.29, 0.717) is 37.8 Å². The topological polar surface area (TPSA) is 122 Å². The monoisotopic (exact) mass is 386 g/mol. The van der Waals surface area contributed by atoms with Crippen molar-refractivity contribution in [2.45, 2.75) is 13.8 Å². The molecule has 28 heavy (non-hydrogen) atoms. The van der Waals surface area contributed by atoms with Gasteiger partial charge in [-0.25, -0.2) is 5.43 Å². The summed E-state index contributed by atoms with van der Waals surface area (Å²) in [6.07, 6.45) is 0. The minimum atomic E-state index is -0.321. The van der Waals surface area contributed by atoms with Crippen LogP contribution >= 0.6 is 0 Å². The number of ether oxygens (including phenoxy) is 2. The Morgan fingerprint density at radius 1 is 1.29 bits per heavy atom. The summed E-state index contributed by atoms with van der Waals surface area (Å²) in [4.78, 5) is 27.9. The number of rotatable bonds is 6. The number of anilines is 1. The van der Waals surface area contributed by atoms with Gasteiger partial charge in [-0.1, -0.05) is 0 Å². The lowest BCUT2D eigenvalue weighted by molar-refractivity contribution is -0.137. The van der Waals surface area contributed by atoms with Crippen LogP contribution in [0.5, 0.6) is 5.75 Å². The lowest BCUT2D eigenvalue weighted by atomic mass is 10.1. The van der Waals surface area contributed by atoms with Gasteiger partial charge in [0.15, 0.2) is 6.61 Å². The average molecular weight is 386 g/mol. The lowest BCUT2D eigenvalue weighted by Crippen LogP contribution is -2.42. The van der Waals surface area contributed by atoms with Gasteiger partial charge in [-0.05, 0) is 43.7 Å². The number of aromatic nitrogens is 3. The zero-order valence-corrected chi connectivity index (χ0v) is 15.8. The van der Waals surface area contributed by atoms with E-state index < -0.39 is 0 Å². The van der Waals surface area contributed by atoms with E-state index in [1.54, 1.807) is 24.0 Å². The minimum Gasteiger partial charge on any atom is -0.484 e. The van der Waals surface area contributed by atoms with Gasteiger partial charge >= 0.3 is 0 Å². The van der Waals surface area contributed by atoms with E-state index in [4.69, 9.17) is 9.47 Å². The van der Waals surface area contributed by atoms with Crippen molar-refractivity contribution in [3.05, 3.63) is 45.9 Å². The van der Waals surface area contributed by atoms with Gasteiger partial charge in [0.25, 0.3) is 11.5 Å². The molecule has 1 aromatic heterocycles. The molecule has 1 aromatic carbocycles. The second-order valence-corrected chi connectivity index (χ2v) is 6.20. The first kappa shape index (κ1) is 19.5. The first-order valence-electron chi connectivity index (χ1n) is 8.85. The molecule has 0 bridgehead atoms. The van der Waals surface area contributed by atoms with E-state index >= 15 is 0 Å². The number of hydrogen-bond acceptors (Lipinski definition) is 8. The summed E-state index contributed by atoms with van der Waals surface area (Å²) in [5, 5.41) is 11.7. The number of carbonyl (C=O) groups excluding carboxylic acids is 1. The summed E-state index contributed by atoms with van der Waals surface area (Å²) in [6, 6.07) is 7.21. The van der Waals surface area contributed by atoms with Gasteiger partial charge in [0.2, 0.25) is 5.95 Å². The van der Waals surface area contributed by atoms with Crippen molar-refractivity contribution in [2.24, 2.45) is 5.10 Å². The number of benzene rings is 1. The van der Waals surface area contributed by atoms with Gasteiger partial charge in [-0.3, -0.25) is 14.6 Å². The van der Waals surface area contributed by atoms with E-state index in [0.717, 1.165) is 5.56 Å². The molecule has 0 spiro atoms. The number of H-pyrrole nitrogens is 1. The number of hydrogen-bond donors (Lipinski definition) is 2. The fraction of sp³-hybridized carbons (Fsp3) is 0.389. The highest BCUT2D eigenvalue weighted by Gasteiger charge is 2.17. The second kappa shape index (κ2) is 9.09. The van der Waals surface area contributed by atoms with E-state index in [9.17, 15) is 9.59 Å². The highest BCUT2D eigenvalue weighted by molar-refractivity contribution is 5.99. The summed E-state index contributed by atoms with van der Waals surface area (Å²) >= 11 is 0. The molecular weight excluding hydrogens is 364 g/mol. The SMILES string of the molecule is C/C(=N/Nc1nnc(C)c(=O)[nH]1)c1ccc(OCC(=O)N2CCOCC2)cc1. The third-order valence-electron chi connectivity index (χ3n) is 4.19. The third kappa shape index (κ3) is 5.13. The van der Waals surface area contributed by atoms with Crippen LogP contribution in [0.15, 0.2) is 34.2 Å². The van der Waals surface area contributed by atoms with Crippen LogP contribution in [0.1, 0.15) is 18.2 Å². The molecule has 2 heterocycles. The second-order valence-electron chi connectivity index (χ2n) is 6.20. The number of aryl methyl sites for hydroxylation is 1. The Kier molecular flexibility index (Phi) is 6.33. The molecule has 3 rings (SSSR count). The normalized spacial score (nSPS) is 14.6. The van der Waals surface area contributed by atoms with Crippen LogP contribution < -0.4 is 15.7 Å². The first-order valence-corrected chi connectivity index (χ1v) is 8.85. The standard InChI is InChI=1S/C18H22N6O4/c1-12(20-22-18-19-17(26)13(2)21-23-18)14-3-5-15(6-4-14)28-11-16(25)24-7-9-27-10-8-24/h3-6H,7-11H2,1-2H3,(H2,19,22,23,26)/b20-12-. The summed E-state index contributed by atoms with van der Waals surface area (Å²) in [5.41, 5.74) is 4.16. The van der Waals surface area contributed by atoms with Crippen LogP contribution in [0.25, 0.3) is 0 Å². The van der Waals surface area contributed by atoms with Gasteiger partial charge in [0.05, 0.1) is 18.9 Å². The Hall–Kier alpha value is -3.27. The maximum Gasteiger partial charge on any atom is 0.274 e. The zero-order valence-electron chi connectivity index (χ0n) is 15.8. The summed E-state index contributed by atoms with van der Waals surface area (Å²) in [5.74, 6) is 0.707. The van der Waals surface area contributed by atoms with E-state index in [-0.39, 0.29) is 29.7 Å². The smallest absolute Gasteiger partial charge is 0.274 e. The Morgan fingerprint density at radius 2 is 2.00 bits per heavy atom. The van der Waals surface area contributed by atoms with Gasteiger partial charge in [0.1, 0.15) is 11.4 Å². The molecule has 0 aliphatic carbocycles. The molecule has 148 valence electrons. The molecule has 1 amide bonds. The van der Waals surface area contributed by atoms with Gasteiger partial charge < -0.3 is 14.4 Å². The van der Waals surface area contributed by atoms with Crippen LogP contribution in [0.3, 0.4) is 0 Å². The number of amides is 1. The number of nitrogens with zero attached hydrogens (tertiary/aromatic N) is 4. The van der Waals surface area contributed by atoms with Crippen molar-refractivity contribution in [1.82, 2.24) is 20.1 Å². The minimum absolute atomic E-state index is 0.00652. The molecular formula is C18H22N6O4. The van der Waals surface area contributed by atoms with Crippen molar-refractivity contribution in [1.29, 1.82) is 0 Å². The highest BCUT2D eigenvalue weighted by Crippen LogP contribution is 2.13. The maximum atomic E-state index is 12.1. The predicted molar refractivity (Wildman–Crippen MR) is 103 cm³/mol. The lowest BCUT2D eigenvalue weighted by Gasteiger charge is -2.26. The van der Waals surface area contributed by atoms with Crippen molar-refractivity contribution in [3.63, 3.8) is 0 Å². The molecule has 0 radical (unpaired) electrons. The molecule has 1 aliphatic heterocycles. The van der Waals surface area contributed by atoms with Gasteiger partial charge in [-0.2, -0.15) is 5.10 Å². The average Bonchev–Trinajstić information content (AvgIpc) is 2.73. The predicted octanol–water partition coefficient (Wildman–Crippen LogP) is 0.547. The largest absolute Gasteiger partial charge is 0.484 e. The van der Waals surface area contributed by atoms with Crippen molar-refractivity contribution < 1.29 is 14.3 Å². The fourth-order valence-electron chi connectivity index (χ4n) is 2.49.